The molecule has 1 aromatic carbocycles. The Hall–Kier alpha value is -3.21. The van der Waals surface area contributed by atoms with Crippen molar-refractivity contribution in [2.75, 3.05) is 0 Å². The number of benzene rings is 1. The van der Waals surface area contributed by atoms with Crippen LogP contribution in [0.15, 0.2) is 55.0 Å². The second-order valence-electron chi connectivity index (χ2n) is 6.73. The zero-order valence-electron chi connectivity index (χ0n) is 13.9. The van der Waals surface area contributed by atoms with Gasteiger partial charge in [0.05, 0.1) is 22.4 Å². The van der Waals surface area contributed by atoms with E-state index in [-0.39, 0.29) is 5.41 Å². The number of fused-ring (bicyclic) bond motifs is 4. The van der Waals surface area contributed by atoms with Crippen LogP contribution in [0.3, 0.4) is 0 Å². The first-order valence-corrected chi connectivity index (χ1v) is 8.20. The summed E-state index contributed by atoms with van der Waals surface area (Å²) in [4.78, 5) is 23.2. The van der Waals surface area contributed by atoms with Crippen molar-refractivity contribution in [1.82, 2.24) is 24.9 Å². The Labute approximate surface area is 144 Å². The van der Waals surface area contributed by atoms with E-state index in [1.54, 1.807) is 12.4 Å². The summed E-state index contributed by atoms with van der Waals surface area (Å²) >= 11 is 0. The Morgan fingerprint density at radius 1 is 0.800 bits per heavy atom. The second kappa shape index (κ2) is 4.89. The van der Waals surface area contributed by atoms with Gasteiger partial charge in [0, 0.05) is 35.1 Å². The predicted octanol–water partition coefficient (Wildman–Crippen LogP) is 3.79. The van der Waals surface area contributed by atoms with Crippen LogP contribution in [0, 0.1) is 0 Å². The maximum atomic E-state index is 4.89. The van der Waals surface area contributed by atoms with Crippen molar-refractivity contribution in [1.29, 1.82) is 0 Å². The van der Waals surface area contributed by atoms with Gasteiger partial charge in [-0.1, -0.05) is 12.1 Å². The maximum absolute atomic E-state index is 4.89. The first-order valence-electron chi connectivity index (χ1n) is 8.20. The molecule has 1 aliphatic rings. The van der Waals surface area contributed by atoms with E-state index in [9.17, 15) is 0 Å². The molecule has 25 heavy (non-hydrogen) atoms. The third-order valence-corrected chi connectivity index (χ3v) is 4.79. The number of aromatic nitrogens is 5. The van der Waals surface area contributed by atoms with Crippen LogP contribution in [0.2, 0.25) is 0 Å². The molecular formula is C20H15N5. The maximum Gasteiger partial charge on any atom is 0.159 e. The average Bonchev–Trinajstić information content (AvgIpc) is 2.87. The number of para-hydroxylation sites is 2. The molecule has 0 atom stereocenters. The van der Waals surface area contributed by atoms with Crippen molar-refractivity contribution in [2.24, 2.45) is 0 Å². The van der Waals surface area contributed by atoms with E-state index in [1.807, 2.05) is 42.6 Å². The molecule has 0 fully saturated rings. The zero-order chi connectivity index (χ0) is 17.0. The van der Waals surface area contributed by atoms with Crippen LogP contribution in [0.4, 0.5) is 0 Å². The lowest BCUT2D eigenvalue weighted by Gasteiger charge is -2.19. The van der Waals surface area contributed by atoms with Gasteiger partial charge >= 0.3 is 0 Å². The van der Waals surface area contributed by atoms with Crippen molar-refractivity contribution >= 4 is 11.0 Å². The highest BCUT2D eigenvalue weighted by atomic mass is 15.0. The SMILES string of the molecule is CC1(C)c2cnc(-c3ccncc3)nc2-c2nc3ccccc3nc21. The molecule has 0 radical (unpaired) electrons. The van der Waals surface area contributed by atoms with Crippen LogP contribution in [-0.2, 0) is 5.41 Å². The van der Waals surface area contributed by atoms with Gasteiger partial charge < -0.3 is 0 Å². The van der Waals surface area contributed by atoms with Gasteiger partial charge in [0.15, 0.2) is 5.82 Å². The first-order chi connectivity index (χ1) is 12.1. The van der Waals surface area contributed by atoms with Crippen molar-refractivity contribution in [2.45, 2.75) is 19.3 Å². The number of rotatable bonds is 1. The van der Waals surface area contributed by atoms with Gasteiger partial charge in [0.2, 0.25) is 0 Å². The summed E-state index contributed by atoms with van der Waals surface area (Å²) in [6.45, 7) is 4.30. The molecule has 5 heteroatoms. The van der Waals surface area contributed by atoms with Gasteiger partial charge in [-0.15, -0.1) is 0 Å². The summed E-state index contributed by atoms with van der Waals surface area (Å²) < 4.78 is 0. The number of pyridine rings is 1. The van der Waals surface area contributed by atoms with Gasteiger partial charge in [0.25, 0.3) is 0 Å². The van der Waals surface area contributed by atoms with E-state index < -0.39 is 0 Å². The van der Waals surface area contributed by atoms with Gasteiger partial charge in [0.1, 0.15) is 5.69 Å². The number of hydrogen-bond donors (Lipinski definition) is 0. The molecule has 5 nitrogen and oxygen atoms in total. The number of nitrogens with zero attached hydrogens (tertiary/aromatic N) is 5. The highest BCUT2D eigenvalue weighted by molar-refractivity contribution is 5.82. The molecule has 0 N–H and O–H groups in total. The van der Waals surface area contributed by atoms with Crippen LogP contribution in [0.1, 0.15) is 25.1 Å². The standard InChI is InChI=1S/C20H15N5/c1-20(2)13-11-22-19(12-7-9-21-10-8-12)25-16(13)17-18(20)24-15-6-4-3-5-14(15)23-17/h3-11H,1-2H3. The monoisotopic (exact) mass is 325 g/mol. The molecule has 0 bridgehead atoms. The Morgan fingerprint density at radius 2 is 1.52 bits per heavy atom. The first kappa shape index (κ1) is 14.2. The third kappa shape index (κ3) is 1.99. The lowest BCUT2D eigenvalue weighted by atomic mass is 9.87. The Kier molecular flexibility index (Phi) is 2.77. The molecule has 0 aliphatic heterocycles. The minimum absolute atomic E-state index is 0.265. The smallest absolute Gasteiger partial charge is 0.159 e. The van der Waals surface area contributed by atoms with E-state index in [0.717, 1.165) is 39.2 Å². The minimum Gasteiger partial charge on any atom is -0.265 e. The average molecular weight is 325 g/mol. The van der Waals surface area contributed by atoms with E-state index >= 15 is 0 Å². The van der Waals surface area contributed by atoms with Crippen LogP contribution in [0.25, 0.3) is 33.8 Å². The van der Waals surface area contributed by atoms with E-state index in [2.05, 4.69) is 23.8 Å². The zero-order valence-corrected chi connectivity index (χ0v) is 13.9. The molecule has 120 valence electrons. The van der Waals surface area contributed by atoms with Crippen molar-refractivity contribution in [3.63, 3.8) is 0 Å². The normalized spacial score (nSPS) is 14.3. The molecule has 4 aromatic rings. The molecule has 0 saturated heterocycles. The highest BCUT2D eigenvalue weighted by Crippen LogP contribution is 2.46. The highest BCUT2D eigenvalue weighted by Gasteiger charge is 2.40. The molecule has 0 spiro atoms. The van der Waals surface area contributed by atoms with Gasteiger partial charge in [-0.3, -0.25) is 4.98 Å². The summed E-state index contributed by atoms with van der Waals surface area (Å²) in [5, 5.41) is 0. The van der Waals surface area contributed by atoms with Crippen LogP contribution in [0.5, 0.6) is 0 Å². The molecule has 1 aliphatic carbocycles. The fraction of sp³-hybridized carbons (Fsp3) is 0.150. The van der Waals surface area contributed by atoms with Crippen LogP contribution >= 0.6 is 0 Å². The van der Waals surface area contributed by atoms with Crippen molar-refractivity contribution in [3.8, 4) is 22.8 Å². The molecule has 0 unspecified atom stereocenters. The van der Waals surface area contributed by atoms with Gasteiger partial charge in [-0.25, -0.2) is 19.9 Å². The molecule has 0 saturated carbocycles. The summed E-state index contributed by atoms with van der Waals surface area (Å²) in [6, 6.07) is 11.8. The van der Waals surface area contributed by atoms with E-state index in [0.29, 0.717) is 5.82 Å². The van der Waals surface area contributed by atoms with Gasteiger partial charge in [-0.05, 0) is 38.1 Å². The van der Waals surface area contributed by atoms with Crippen LogP contribution < -0.4 is 0 Å². The lowest BCUT2D eigenvalue weighted by Crippen LogP contribution is -2.17. The largest absolute Gasteiger partial charge is 0.265 e. The minimum atomic E-state index is -0.265. The molecule has 3 aromatic heterocycles. The second-order valence-corrected chi connectivity index (χ2v) is 6.73. The molecule has 0 amide bonds. The van der Waals surface area contributed by atoms with Crippen molar-refractivity contribution in [3.05, 3.63) is 66.2 Å². The Morgan fingerprint density at radius 3 is 2.28 bits per heavy atom. The molecule has 5 rings (SSSR count). The fourth-order valence-electron chi connectivity index (χ4n) is 3.39. The summed E-state index contributed by atoms with van der Waals surface area (Å²) in [5.41, 5.74) is 6.23. The predicted molar refractivity (Wildman–Crippen MR) is 95.9 cm³/mol. The summed E-state index contributed by atoms with van der Waals surface area (Å²) in [7, 11) is 0. The van der Waals surface area contributed by atoms with Crippen molar-refractivity contribution < 1.29 is 0 Å². The quantitative estimate of drug-likeness (QED) is 0.533. The lowest BCUT2D eigenvalue weighted by molar-refractivity contribution is 0.634. The summed E-state index contributed by atoms with van der Waals surface area (Å²) in [6.07, 6.45) is 5.40. The molecular weight excluding hydrogens is 310 g/mol. The van der Waals surface area contributed by atoms with E-state index in [1.165, 1.54) is 0 Å². The topological polar surface area (TPSA) is 64.5 Å². The fourth-order valence-corrected chi connectivity index (χ4v) is 3.39. The Balaban J connectivity index is 1.79. The molecule has 3 heterocycles. The van der Waals surface area contributed by atoms with Gasteiger partial charge in [-0.2, -0.15) is 0 Å². The Bertz CT molecular complexity index is 1120. The van der Waals surface area contributed by atoms with E-state index in [4.69, 9.17) is 15.0 Å². The summed E-state index contributed by atoms with van der Waals surface area (Å²) in [5.74, 6) is 0.680. The number of hydrogen-bond acceptors (Lipinski definition) is 5. The van der Waals surface area contributed by atoms with Crippen LogP contribution in [-0.4, -0.2) is 24.9 Å². The third-order valence-electron chi connectivity index (χ3n) is 4.79.